The fourth-order valence-corrected chi connectivity index (χ4v) is 2.75. The molecule has 0 heterocycles. The highest BCUT2D eigenvalue weighted by molar-refractivity contribution is 5.54. The van der Waals surface area contributed by atoms with E-state index in [4.69, 9.17) is 0 Å². The molecule has 122 valence electrons. The van der Waals surface area contributed by atoms with Crippen molar-refractivity contribution in [2.24, 2.45) is 0 Å². The Balaban J connectivity index is 2.12. The first kappa shape index (κ1) is 16.1. The van der Waals surface area contributed by atoms with E-state index in [9.17, 15) is 20.4 Å². The molecule has 0 saturated heterocycles. The van der Waals surface area contributed by atoms with Gasteiger partial charge in [-0.2, -0.15) is 0 Å². The first-order valence-corrected chi connectivity index (χ1v) is 7.60. The van der Waals surface area contributed by atoms with Gasteiger partial charge in [-0.05, 0) is 22.8 Å². The molecule has 3 aromatic rings. The van der Waals surface area contributed by atoms with Crippen molar-refractivity contribution in [1.29, 1.82) is 0 Å². The lowest BCUT2D eigenvalue weighted by Crippen LogP contribution is -2.09. The van der Waals surface area contributed by atoms with Crippen molar-refractivity contribution in [1.82, 2.24) is 0 Å². The number of hydrogen-bond acceptors (Lipinski definition) is 4. The summed E-state index contributed by atoms with van der Waals surface area (Å²) >= 11 is 0. The van der Waals surface area contributed by atoms with Crippen LogP contribution in [0, 0.1) is 0 Å². The third kappa shape index (κ3) is 2.97. The second-order valence-corrected chi connectivity index (χ2v) is 5.56. The van der Waals surface area contributed by atoms with Gasteiger partial charge in [0.15, 0.2) is 11.5 Å². The molecule has 0 aromatic heterocycles. The molecule has 0 saturated carbocycles. The average Bonchev–Trinajstić information content (AvgIpc) is 2.64. The van der Waals surface area contributed by atoms with Crippen molar-refractivity contribution in [2.75, 3.05) is 0 Å². The van der Waals surface area contributed by atoms with Gasteiger partial charge in [0.25, 0.3) is 0 Å². The first-order chi connectivity index (χ1) is 11.6. The maximum Gasteiger partial charge on any atom is 0.164 e. The molecular weight excluding hydrogens is 304 g/mol. The van der Waals surface area contributed by atoms with E-state index in [-0.39, 0.29) is 11.3 Å². The van der Waals surface area contributed by atoms with Gasteiger partial charge in [-0.15, -0.1) is 0 Å². The van der Waals surface area contributed by atoms with Gasteiger partial charge >= 0.3 is 0 Å². The summed E-state index contributed by atoms with van der Waals surface area (Å²) < 4.78 is 0. The number of phenols is 2. The summed E-state index contributed by atoms with van der Waals surface area (Å²) in [5.41, 5.74) is 1.62. The van der Waals surface area contributed by atoms with Crippen LogP contribution >= 0.6 is 0 Å². The quantitative estimate of drug-likeness (QED) is 0.556. The lowest BCUT2D eigenvalue weighted by Gasteiger charge is -2.21. The summed E-state index contributed by atoms with van der Waals surface area (Å²) in [6, 6.07) is 20.5. The van der Waals surface area contributed by atoms with Crippen LogP contribution in [0.4, 0.5) is 0 Å². The Morgan fingerprint density at radius 3 is 1.62 bits per heavy atom. The zero-order valence-corrected chi connectivity index (χ0v) is 12.9. The van der Waals surface area contributed by atoms with Crippen molar-refractivity contribution in [3.8, 4) is 11.5 Å². The molecular formula is C20H18O4. The van der Waals surface area contributed by atoms with E-state index >= 15 is 0 Å². The molecule has 0 fully saturated rings. The van der Waals surface area contributed by atoms with Gasteiger partial charge in [-0.1, -0.05) is 66.7 Å². The van der Waals surface area contributed by atoms with Crippen LogP contribution in [0.25, 0.3) is 0 Å². The van der Waals surface area contributed by atoms with E-state index < -0.39 is 18.0 Å². The van der Waals surface area contributed by atoms with Crippen LogP contribution in [0.1, 0.15) is 34.5 Å². The molecule has 0 radical (unpaired) electrons. The minimum absolute atomic E-state index is 0.0950. The summed E-state index contributed by atoms with van der Waals surface area (Å²) in [5, 5.41) is 41.5. The normalized spacial score (nSPS) is 13.4. The molecule has 3 aromatic carbocycles. The van der Waals surface area contributed by atoms with Crippen LogP contribution in [0.5, 0.6) is 11.5 Å². The summed E-state index contributed by atoms with van der Waals surface area (Å²) in [7, 11) is 0. The molecule has 2 atom stereocenters. The van der Waals surface area contributed by atoms with Gasteiger partial charge in [-0.3, -0.25) is 0 Å². The number of benzene rings is 3. The van der Waals surface area contributed by atoms with Crippen LogP contribution in [0.15, 0.2) is 72.8 Å². The lowest BCUT2D eigenvalue weighted by atomic mass is 9.90. The van der Waals surface area contributed by atoms with Gasteiger partial charge in [0.1, 0.15) is 12.2 Å². The molecule has 4 heteroatoms. The summed E-state index contributed by atoms with van der Waals surface area (Å²) in [4.78, 5) is 0. The van der Waals surface area contributed by atoms with Gasteiger partial charge in [0.05, 0.1) is 0 Å². The molecule has 0 amide bonds. The molecule has 0 aliphatic rings. The lowest BCUT2D eigenvalue weighted by molar-refractivity contribution is 0.192. The molecule has 0 bridgehead atoms. The maximum absolute atomic E-state index is 10.7. The Morgan fingerprint density at radius 2 is 1.08 bits per heavy atom. The highest BCUT2D eigenvalue weighted by atomic mass is 16.3. The minimum Gasteiger partial charge on any atom is -0.504 e. The van der Waals surface area contributed by atoms with E-state index in [0.29, 0.717) is 16.7 Å². The highest BCUT2D eigenvalue weighted by Gasteiger charge is 2.25. The second-order valence-electron chi connectivity index (χ2n) is 5.56. The predicted molar refractivity (Wildman–Crippen MR) is 90.8 cm³/mol. The number of aliphatic hydroxyl groups excluding tert-OH is 2. The Morgan fingerprint density at radius 1 is 0.583 bits per heavy atom. The molecule has 4 N–H and O–H groups in total. The fourth-order valence-electron chi connectivity index (χ4n) is 2.75. The smallest absolute Gasteiger partial charge is 0.164 e. The Hall–Kier alpha value is -2.82. The van der Waals surface area contributed by atoms with Crippen molar-refractivity contribution < 1.29 is 20.4 Å². The van der Waals surface area contributed by atoms with Crippen molar-refractivity contribution in [2.45, 2.75) is 12.2 Å². The predicted octanol–water partition coefficient (Wildman–Crippen LogP) is 3.26. The monoisotopic (exact) mass is 322 g/mol. The summed E-state index contributed by atoms with van der Waals surface area (Å²) in [6.45, 7) is 0. The zero-order valence-electron chi connectivity index (χ0n) is 12.9. The SMILES string of the molecule is Oc1ccc(C(O)c2ccccc2)c(C(O)c2ccccc2)c1O. The van der Waals surface area contributed by atoms with E-state index in [1.807, 2.05) is 12.1 Å². The molecule has 2 unspecified atom stereocenters. The summed E-state index contributed by atoms with van der Waals surface area (Å²) in [5.74, 6) is -0.775. The topological polar surface area (TPSA) is 80.9 Å². The molecule has 24 heavy (non-hydrogen) atoms. The Labute approximate surface area is 139 Å². The summed E-state index contributed by atoms with van der Waals surface area (Å²) in [6.07, 6.45) is -2.21. The molecule has 0 spiro atoms. The number of aromatic hydroxyl groups is 2. The van der Waals surface area contributed by atoms with Crippen LogP contribution in [0.2, 0.25) is 0 Å². The third-order valence-electron chi connectivity index (χ3n) is 4.03. The van der Waals surface area contributed by atoms with Crippen LogP contribution < -0.4 is 0 Å². The zero-order chi connectivity index (χ0) is 17.1. The standard InChI is InChI=1S/C20H18O4/c21-16-12-11-15(18(22)13-7-3-1-4-8-13)17(20(16)24)19(23)14-9-5-2-6-10-14/h1-12,18-19,21-24H. The molecule has 0 aliphatic carbocycles. The number of aliphatic hydroxyl groups is 2. The molecule has 4 nitrogen and oxygen atoms in total. The first-order valence-electron chi connectivity index (χ1n) is 7.60. The molecule has 3 rings (SSSR count). The van der Waals surface area contributed by atoms with Crippen molar-refractivity contribution in [3.05, 3.63) is 95.1 Å². The van der Waals surface area contributed by atoms with Gasteiger partial charge in [-0.25, -0.2) is 0 Å². The fraction of sp³-hybridized carbons (Fsp3) is 0.100. The van der Waals surface area contributed by atoms with Gasteiger partial charge in [0, 0.05) is 5.56 Å². The van der Waals surface area contributed by atoms with Gasteiger partial charge in [0.2, 0.25) is 0 Å². The number of hydrogen-bond donors (Lipinski definition) is 4. The van der Waals surface area contributed by atoms with Crippen molar-refractivity contribution in [3.63, 3.8) is 0 Å². The van der Waals surface area contributed by atoms with Crippen LogP contribution in [0.3, 0.4) is 0 Å². The second kappa shape index (κ2) is 6.74. The Kier molecular flexibility index (Phi) is 4.51. The van der Waals surface area contributed by atoms with E-state index in [0.717, 1.165) is 0 Å². The van der Waals surface area contributed by atoms with Crippen molar-refractivity contribution >= 4 is 0 Å². The minimum atomic E-state index is -1.17. The number of rotatable bonds is 4. The highest BCUT2D eigenvalue weighted by Crippen LogP contribution is 2.41. The maximum atomic E-state index is 10.7. The average molecular weight is 322 g/mol. The van der Waals surface area contributed by atoms with Crippen LogP contribution in [-0.4, -0.2) is 20.4 Å². The molecule has 0 aliphatic heterocycles. The van der Waals surface area contributed by atoms with E-state index in [2.05, 4.69) is 0 Å². The number of phenolic OH excluding ortho intramolecular Hbond substituents is 2. The third-order valence-corrected chi connectivity index (χ3v) is 4.03. The van der Waals surface area contributed by atoms with Crippen LogP contribution in [-0.2, 0) is 0 Å². The van der Waals surface area contributed by atoms with E-state index in [1.54, 1.807) is 48.5 Å². The van der Waals surface area contributed by atoms with E-state index in [1.165, 1.54) is 12.1 Å². The largest absolute Gasteiger partial charge is 0.504 e. The Bertz CT molecular complexity index is 816. The van der Waals surface area contributed by atoms with Gasteiger partial charge < -0.3 is 20.4 Å².